The lowest BCUT2D eigenvalue weighted by molar-refractivity contribution is 0.176. The summed E-state index contributed by atoms with van der Waals surface area (Å²) in [6, 6.07) is 4.95. The van der Waals surface area contributed by atoms with Gasteiger partial charge in [-0.15, -0.1) is 0 Å². The monoisotopic (exact) mass is 460 g/mol. The summed E-state index contributed by atoms with van der Waals surface area (Å²) in [5.41, 5.74) is 0.834. The molecule has 0 radical (unpaired) electrons. The van der Waals surface area contributed by atoms with Gasteiger partial charge in [0, 0.05) is 10.6 Å². The molecule has 0 aliphatic carbocycles. The van der Waals surface area contributed by atoms with E-state index in [1.54, 1.807) is 18.2 Å². The first-order chi connectivity index (χ1) is 13.7. The maximum atomic E-state index is 12.6. The molecule has 1 aromatic rings. The zero-order chi connectivity index (χ0) is 22.0. The molecule has 2 amide bonds. The van der Waals surface area contributed by atoms with E-state index in [4.69, 9.17) is 24.4 Å². The number of rotatable bonds is 6. The zero-order valence-corrected chi connectivity index (χ0v) is 18.9. The Kier molecular flexibility index (Phi) is 10.5. The molecule has 0 aliphatic heterocycles. The number of methoxy groups -OCH3 is 2. The van der Waals surface area contributed by atoms with Crippen LogP contribution in [0.5, 0.6) is 0 Å². The fourth-order valence-electron chi connectivity index (χ4n) is 1.93. The molecular weight excluding hydrogens is 436 g/mol. The van der Waals surface area contributed by atoms with Crippen LogP contribution in [0.3, 0.4) is 0 Å². The SMILES string of the molecule is COC(=O)NC(=S)Nc1ccc(S(=O)CCC(C)C)cc1NC(=S)NC(=O)OC. The number of amides is 2. The number of hydrogen-bond acceptors (Lipinski definition) is 7. The molecule has 1 unspecified atom stereocenters. The van der Waals surface area contributed by atoms with Crippen molar-refractivity contribution in [2.24, 2.45) is 5.92 Å². The second-order valence-electron chi connectivity index (χ2n) is 6.08. The summed E-state index contributed by atoms with van der Waals surface area (Å²) in [7, 11) is 1.20. The highest BCUT2D eigenvalue weighted by Crippen LogP contribution is 2.25. The Labute approximate surface area is 182 Å². The summed E-state index contributed by atoms with van der Waals surface area (Å²) in [6.07, 6.45) is -0.659. The van der Waals surface area contributed by atoms with Gasteiger partial charge in [-0.3, -0.25) is 14.8 Å². The predicted molar refractivity (Wildman–Crippen MR) is 121 cm³/mol. The molecular formula is C17H24N4O5S3. The highest BCUT2D eigenvalue weighted by Gasteiger charge is 2.14. The molecule has 1 rings (SSSR count). The number of anilines is 2. The van der Waals surface area contributed by atoms with E-state index in [1.165, 1.54) is 14.2 Å². The highest BCUT2D eigenvalue weighted by atomic mass is 32.2. The van der Waals surface area contributed by atoms with Crippen LogP contribution in [0.1, 0.15) is 20.3 Å². The molecule has 0 saturated heterocycles. The van der Waals surface area contributed by atoms with Crippen LogP contribution < -0.4 is 21.3 Å². The van der Waals surface area contributed by atoms with E-state index in [0.717, 1.165) is 6.42 Å². The van der Waals surface area contributed by atoms with Gasteiger partial charge in [0.1, 0.15) is 0 Å². The minimum Gasteiger partial charge on any atom is -0.453 e. The van der Waals surface area contributed by atoms with E-state index in [9.17, 15) is 13.8 Å². The molecule has 12 heteroatoms. The van der Waals surface area contributed by atoms with Gasteiger partial charge in [-0.2, -0.15) is 0 Å². The number of ether oxygens (including phenoxy) is 2. The van der Waals surface area contributed by atoms with Gasteiger partial charge in [-0.05, 0) is 55.0 Å². The third kappa shape index (κ3) is 9.15. The van der Waals surface area contributed by atoms with Crippen LogP contribution in [-0.4, -0.2) is 46.6 Å². The number of alkyl carbamates (subject to hydrolysis) is 2. The molecule has 9 nitrogen and oxygen atoms in total. The van der Waals surface area contributed by atoms with Crippen molar-refractivity contribution >= 4 is 69.0 Å². The van der Waals surface area contributed by atoms with Crippen molar-refractivity contribution < 1.29 is 23.3 Å². The molecule has 0 aromatic heterocycles. The largest absolute Gasteiger partial charge is 0.453 e. The molecule has 0 fully saturated rings. The Hall–Kier alpha value is -2.31. The first-order valence-corrected chi connectivity index (χ1v) is 10.6. The lowest BCUT2D eigenvalue weighted by atomic mass is 10.2. The zero-order valence-electron chi connectivity index (χ0n) is 16.5. The summed E-state index contributed by atoms with van der Waals surface area (Å²) in [5.74, 6) is 0.938. The first-order valence-electron chi connectivity index (χ1n) is 8.50. The molecule has 1 aromatic carbocycles. The quantitative estimate of drug-likeness (QED) is 0.475. The van der Waals surface area contributed by atoms with Gasteiger partial charge in [0.2, 0.25) is 0 Å². The molecule has 29 heavy (non-hydrogen) atoms. The minimum absolute atomic E-state index is 0.0135. The normalized spacial score (nSPS) is 11.2. The molecule has 0 heterocycles. The minimum atomic E-state index is -1.22. The second kappa shape index (κ2) is 12.3. The fraction of sp³-hybridized carbons (Fsp3) is 0.412. The van der Waals surface area contributed by atoms with Gasteiger partial charge in [-0.25, -0.2) is 9.59 Å². The van der Waals surface area contributed by atoms with Crippen molar-refractivity contribution in [1.29, 1.82) is 0 Å². The Balaban J connectivity index is 3.07. The van der Waals surface area contributed by atoms with Crippen LogP contribution >= 0.6 is 24.4 Å². The van der Waals surface area contributed by atoms with Crippen LogP contribution in [0.4, 0.5) is 21.0 Å². The average Bonchev–Trinajstić information content (AvgIpc) is 2.66. The number of carbonyl (C=O) groups excluding carboxylic acids is 2. The Bertz CT molecular complexity index is 801. The van der Waals surface area contributed by atoms with E-state index in [1.807, 2.05) is 0 Å². The number of nitrogens with one attached hydrogen (secondary N) is 4. The Morgan fingerprint density at radius 3 is 2.00 bits per heavy atom. The van der Waals surface area contributed by atoms with Crippen LogP contribution in [0.2, 0.25) is 0 Å². The van der Waals surface area contributed by atoms with Gasteiger partial charge in [0.25, 0.3) is 0 Å². The maximum Gasteiger partial charge on any atom is 0.413 e. The maximum absolute atomic E-state index is 12.6. The summed E-state index contributed by atoms with van der Waals surface area (Å²) >= 11 is 10.1. The second-order valence-corrected chi connectivity index (χ2v) is 8.47. The van der Waals surface area contributed by atoms with Crippen molar-refractivity contribution in [2.75, 3.05) is 30.6 Å². The number of hydrogen-bond donors (Lipinski definition) is 4. The van der Waals surface area contributed by atoms with E-state index >= 15 is 0 Å². The van der Waals surface area contributed by atoms with E-state index < -0.39 is 23.0 Å². The average molecular weight is 461 g/mol. The molecule has 1 atom stereocenters. The van der Waals surface area contributed by atoms with E-state index in [0.29, 0.717) is 27.9 Å². The molecule has 4 N–H and O–H groups in total. The van der Waals surface area contributed by atoms with Gasteiger partial charge < -0.3 is 20.1 Å². The third-order valence-electron chi connectivity index (χ3n) is 3.43. The fourth-order valence-corrected chi connectivity index (χ4v) is 3.71. The van der Waals surface area contributed by atoms with E-state index in [2.05, 4.69) is 44.6 Å². The number of benzene rings is 1. The predicted octanol–water partition coefficient (Wildman–Crippen LogP) is 2.95. The summed E-state index contributed by atoms with van der Waals surface area (Å²) < 4.78 is 21.6. The third-order valence-corrected chi connectivity index (χ3v) is 5.23. The lowest BCUT2D eigenvalue weighted by Crippen LogP contribution is -2.35. The topological polar surface area (TPSA) is 118 Å². The van der Waals surface area contributed by atoms with E-state index in [-0.39, 0.29) is 10.2 Å². The molecule has 160 valence electrons. The van der Waals surface area contributed by atoms with Gasteiger partial charge in [0.05, 0.1) is 36.4 Å². The Morgan fingerprint density at radius 2 is 1.52 bits per heavy atom. The van der Waals surface area contributed by atoms with Gasteiger partial charge in [-0.1, -0.05) is 13.8 Å². The van der Waals surface area contributed by atoms with Crippen molar-refractivity contribution in [2.45, 2.75) is 25.2 Å². The van der Waals surface area contributed by atoms with Gasteiger partial charge in [0.15, 0.2) is 10.2 Å². The number of thiocarbonyl (C=S) groups is 2. The molecule has 0 bridgehead atoms. The summed E-state index contributed by atoms with van der Waals surface area (Å²) in [5, 5.41) is 10.2. The standard InChI is InChI=1S/C17H24N4O5S3/c1-10(2)7-8-29(24)11-5-6-12(18-14(27)20-16(22)25-3)13(9-11)19-15(28)21-17(23)26-4/h5-6,9-10H,7-8H2,1-4H3,(H2,18,20,22,27)(H2,19,21,23,28). The molecule has 0 aliphatic rings. The summed E-state index contributed by atoms with van der Waals surface area (Å²) in [4.78, 5) is 23.2. The van der Waals surface area contributed by atoms with Crippen LogP contribution in [0, 0.1) is 5.92 Å². The Morgan fingerprint density at radius 1 is 1.00 bits per heavy atom. The highest BCUT2D eigenvalue weighted by molar-refractivity contribution is 7.85. The lowest BCUT2D eigenvalue weighted by Gasteiger charge is -2.16. The van der Waals surface area contributed by atoms with Crippen molar-refractivity contribution in [3.8, 4) is 0 Å². The van der Waals surface area contributed by atoms with Crippen molar-refractivity contribution in [1.82, 2.24) is 10.6 Å². The van der Waals surface area contributed by atoms with Crippen LogP contribution in [-0.2, 0) is 20.3 Å². The smallest absolute Gasteiger partial charge is 0.413 e. The molecule has 0 saturated carbocycles. The molecule has 0 spiro atoms. The van der Waals surface area contributed by atoms with Crippen LogP contribution in [0.25, 0.3) is 0 Å². The van der Waals surface area contributed by atoms with Crippen molar-refractivity contribution in [3.05, 3.63) is 18.2 Å². The number of carbonyl (C=O) groups is 2. The first kappa shape index (κ1) is 24.7. The van der Waals surface area contributed by atoms with Crippen LogP contribution in [0.15, 0.2) is 23.1 Å². The summed E-state index contributed by atoms with van der Waals surface area (Å²) in [6.45, 7) is 4.12. The van der Waals surface area contributed by atoms with Crippen molar-refractivity contribution in [3.63, 3.8) is 0 Å². The van der Waals surface area contributed by atoms with Gasteiger partial charge >= 0.3 is 12.2 Å².